The summed E-state index contributed by atoms with van der Waals surface area (Å²) in [5.41, 5.74) is 2.20. The van der Waals surface area contributed by atoms with Gasteiger partial charge < -0.3 is 9.64 Å². The van der Waals surface area contributed by atoms with Crippen LogP contribution in [0.15, 0.2) is 108 Å². The number of ether oxygens (including phenoxy) is 1. The van der Waals surface area contributed by atoms with Gasteiger partial charge in [-0.15, -0.1) is 0 Å². The zero-order chi connectivity index (χ0) is 28.1. The smallest absolute Gasteiger partial charge is 0.266 e. The molecule has 7 heteroatoms. The highest BCUT2D eigenvalue weighted by Gasteiger charge is 2.28. The van der Waals surface area contributed by atoms with Crippen molar-refractivity contribution in [2.24, 2.45) is 0 Å². The largest absolute Gasteiger partial charge is 0.494 e. The summed E-state index contributed by atoms with van der Waals surface area (Å²) in [5.74, 6) is 0.263. The van der Waals surface area contributed by atoms with Crippen LogP contribution in [0.25, 0.3) is 16.6 Å². The fourth-order valence-electron chi connectivity index (χ4n) is 4.83. The van der Waals surface area contributed by atoms with E-state index >= 15 is 0 Å². The second-order valence-electron chi connectivity index (χ2n) is 9.48. The number of benzene rings is 4. The normalized spacial score (nSPS) is 11.8. The molecule has 1 atom stereocenters. The minimum atomic E-state index is -0.622. The number of aromatic nitrogens is 2. The predicted molar refractivity (Wildman–Crippen MR) is 155 cm³/mol. The minimum absolute atomic E-state index is 0.232. The molecule has 5 aromatic rings. The Morgan fingerprint density at radius 3 is 2.40 bits per heavy atom. The maximum atomic E-state index is 14.1. The lowest BCUT2D eigenvalue weighted by Gasteiger charge is -2.31. The first-order valence-electron chi connectivity index (χ1n) is 13.3. The van der Waals surface area contributed by atoms with Crippen molar-refractivity contribution < 1.29 is 13.9 Å². The maximum absolute atomic E-state index is 14.1. The first-order valence-corrected chi connectivity index (χ1v) is 13.3. The first kappa shape index (κ1) is 26.8. The van der Waals surface area contributed by atoms with E-state index in [1.54, 1.807) is 45.9 Å². The fourth-order valence-corrected chi connectivity index (χ4v) is 4.83. The van der Waals surface area contributed by atoms with Crippen LogP contribution in [0.2, 0.25) is 0 Å². The van der Waals surface area contributed by atoms with Crippen LogP contribution in [0.4, 0.5) is 4.39 Å². The molecular weight excluding hydrogens is 505 g/mol. The topological polar surface area (TPSA) is 64.4 Å². The number of nitrogens with zero attached hydrogens (tertiary/aromatic N) is 3. The predicted octanol–water partition coefficient (Wildman–Crippen LogP) is 6.37. The zero-order valence-electron chi connectivity index (χ0n) is 22.5. The van der Waals surface area contributed by atoms with Gasteiger partial charge in [-0.3, -0.25) is 14.2 Å². The van der Waals surface area contributed by atoms with E-state index in [1.165, 1.54) is 18.2 Å². The van der Waals surface area contributed by atoms with Gasteiger partial charge in [0.15, 0.2) is 0 Å². The van der Waals surface area contributed by atoms with Crippen molar-refractivity contribution in [3.05, 3.63) is 136 Å². The van der Waals surface area contributed by atoms with E-state index in [-0.39, 0.29) is 17.0 Å². The highest BCUT2D eigenvalue weighted by molar-refractivity contribution is 5.94. The number of halogens is 1. The molecule has 6 nitrogen and oxygen atoms in total. The zero-order valence-corrected chi connectivity index (χ0v) is 22.5. The molecule has 4 aromatic carbocycles. The summed E-state index contributed by atoms with van der Waals surface area (Å²) in [5, 5.41) is 0.472. The molecule has 0 saturated heterocycles. The van der Waals surface area contributed by atoms with Crippen molar-refractivity contribution in [2.45, 2.75) is 26.3 Å². The average molecular weight is 536 g/mol. The lowest BCUT2D eigenvalue weighted by Crippen LogP contribution is -2.38. The number of amides is 1. The molecule has 1 heterocycles. The Hall–Kier alpha value is -4.78. The molecule has 0 aliphatic heterocycles. The third-order valence-electron chi connectivity index (χ3n) is 6.87. The summed E-state index contributed by atoms with van der Waals surface area (Å²) < 4.78 is 21.3. The Bertz CT molecular complexity index is 1680. The number of carbonyl (C=O) groups is 1. The fraction of sp³-hybridized carbons (Fsp3) is 0.182. The standard InChI is InChI=1S/C33H30FN3O3/c1-3-40-28-18-16-27(17-19-28)37-31(35-30-15-8-7-14-29(30)33(37)39)23(2)36(21-20-24-10-5-4-6-11-24)32(38)25-12-9-13-26(34)22-25/h4-19,22-23H,3,20-21H2,1-2H3. The van der Waals surface area contributed by atoms with Crippen molar-refractivity contribution in [3.8, 4) is 11.4 Å². The van der Waals surface area contributed by atoms with Crippen molar-refractivity contribution in [1.82, 2.24) is 14.5 Å². The van der Waals surface area contributed by atoms with Gasteiger partial charge in [0.1, 0.15) is 17.4 Å². The number of fused-ring (bicyclic) bond motifs is 1. The van der Waals surface area contributed by atoms with Gasteiger partial charge in [-0.2, -0.15) is 0 Å². The Labute approximate surface area is 232 Å². The van der Waals surface area contributed by atoms with Crippen molar-refractivity contribution >= 4 is 16.8 Å². The molecule has 5 rings (SSSR count). The Balaban J connectivity index is 1.64. The van der Waals surface area contributed by atoms with Gasteiger partial charge in [0.25, 0.3) is 11.5 Å². The van der Waals surface area contributed by atoms with Crippen LogP contribution >= 0.6 is 0 Å². The summed E-state index contributed by atoms with van der Waals surface area (Å²) in [6, 6.07) is 29.3. The molecule has 1 unspecified atom stereocenters. The van der Waals surface area contributed by atoms with E-state index in [0.717, 1.165) is 5.56 Å². The van der Waals surface area contributed by atoms with E-state index in [9.17, 15) is 14.0 Å². The molecular formula is C33H30FN3O3. The van der Waals surface area contributed by atoms with E-state index in [4.69, 9.17) is 9.72 Å². The van der Waals surface area contributed by atoms with Gasteiger partial charge >= 0.3 is 0 Å². The monoisotopic (exact) mass is 535 g/mol. The SMILES string of the molecule is CCOc1ccc(-n2c(C(C)N(CCc3ccccc3)C(=O)c3cccc(F)c3)nc3ccccc3c2=O)cc1. The lowest BCUT2D eigenvalue weighted by atomic mass is 10.1. The van der Waals surface area contributed by atoms with Crippen LogP contribution in [0.5, 0.6) is 5.75 Å². The molecule has 202 valence electrons. The van der Waals surface area contributed by atoms with Gasteiger partial charge in [-0.05, 0) is 80.4 Å². The molecule has 0 radical (unpaired) electrons. The molecule has 1 aromatic heterocycles. The van der Waals surface area contributed by atoms with E-state index in [1.807, 2.05) is 62.4 Å². The Morgan fingerprint density at radius 1 is 0.950 bits per heavy atom. The van der Waals surface area contributed by atoms with Gasteiger partial charge in [0.2, 0.25) is 0 Å². The summed E-state index contributed by atoms with van der Waals surface area (Å²) in [6.07, 6.45) is 0.576. The van der Waals surface area contributed by atoms with Gasteiger partial charge in [0, 0.05) is 12.1 Å². The molecule has 0 fully saturated rings. The number of para-hydroxylation sites is 1. The number of hydrogen-bond donors (Lipinski definition) is 0. The number of carbonyl (C=O) groups excluding carboxylic acids is 1. The molecule has 0 bridgehead atoms. The van der Waals surface area contributed by atoms with Crippen molar-refractivity contribution in [3.63, 3.8) is 0 Å². The van der Waals surface area contributed by atoms with Crippen LogP contribution < -0.4 is 10.3 Å². The molecule has 0 N–H and O–H groups in total. The van der Waals surface area contributed by atoms with E-state index in [2.05, 4.69) is 0 Å². The summed E-state index contributed by atoms with van der Waals surface area (Å²) in [4.78, 5) is 34.3. The molecule has 40 heavy (non-hydrogen) atoms. The summed E-state index contributed by atoms with van der Waals surface area (Å²) >= 11 is 0. The quantitative estimate of drug-likeness (QED) is 0.220. The van der Waals surface area contributed by atoms with Crippen LogP contribution in [0.3, 0.4) is 0 Å². The third-order valence-corrected chi connectivity index (χ3v) is 6.87. The van der Waals surface area contributed by atoms with Gasteiger partial charge in [-0.1, -0.05) is 48.5 Å². The third kappa shape index (κ3) is 5.64. The van der Waals surface area contributed by atoms with Crippen LogP contribution in [-0.2, 0) is 6.42 Å². The van der Waals surface area contributed by atoms with Gasteiger partial charge in [-0.25, -0.2) is 9.37 Å². The molecule has 0 aliphatic carbocycles. The number of rotatable bonds is 9. The molecule has 0 aliphatic rings. The molecule has 0 spiro atoms. The van der Waals surface area contributed by atoms with Crippen LogP contribution in [-0.4, -0.2) is 33.5 Å². The lowest BCUT2D eigenvalue weighted by molar-refractivity contribution is 0.0683. The number of hydrogen-bond acceptors (Lipinski definition) is 4. The first-order chi connectivity index (χ1) is 19.5. The Morgan fingerprint density at radius 2 is 1.68 bits per heavy atom. The highest BCUT2D eigenvalue weighted by atomic mass is 19.1. The van der Waals surface area contributed by atoms with Crippen LogP contribution in [0.1, 0.15) is 41.6 Å². The van der Waals surface area contributed by atoms with Crippen molar-refractivity contribution in [2.75, 3.05) is 13.2 Å². The highest BCUT2D eigenvalue weighted by Crippen LogP contribution is 2.26. The molecule has 0 saturated carbocycles. The second-order valence-corrected chi connectivity index (χ2v) is 9.48. The summed E-state index contributed by atoms with van der Waals surface area (Å²) in [6.45, 7) is 4.62. The van der Waals surface area contributed by atoms with E-state index in [0.29, 0.717) is 47.7 Å². The maximum Gasteiger partial charge on any atom is 0.266 e. The van der Waals surface area contributed by atoms with Crippen LogP contribution in [0, 0.1) is 5.82 Å². The van der Waals surface area contributed by atoms with Crippen molar-refractivity contribution in [1.29, 1.82) is 0 Å². The Kier molecular flexibility index (Phi) is 8.01. The molecule has 1 amide bonds. The minimum Gasteiger partial charge on any atom is -0.494 e. The average Bonchev–Trinajstić information content (AvgIpc) is 2.98. The summed E-state index contributed by atoms with van der Waals surface area (Å²) in [7, 11) is 0. The second kappa shape index (κ2) is 11.9. The van der Waals surface area contributed by atoms with Gasteiger partial charge in [0.05, 0.1) is 29.2 Å². The van der Waals surface area contributed by atoms with E-state index < -0.39 is 11.9 Å².